The summed E-state index contributed by atoms with van der Waals surface area (Å²) < 4.78 is 36.9. The van der Waals surface area contributed by atoms with Crippen molar-refractivity contribution >= 4 is 21.4 Å². The van der Waals surface area contributed by atoms with Crippen molar-refractivity contribution < 1.29 is 17.9 Å². The van der Waals surface area contributed by atoms with Crippen molar-refractivity contribution in [3.8, 4) is 0 Å². The lowest BCUT2D eigenvalue weighted by Gasteiger charge is -2.21. The van der Waals surface area contributed by atoms with Gasteiger partial charge in [-0.15, -0.1) is 0 Å². The molecule has 1 aromatic carbocycles. The minimum atomic E-state index is -3.50. The molecule has 1 aliphatic rings. The number of hydrogen-bond donors (Lipinski definition) is 2. The van der Waals surface area contributed by atoms with Crippen LogP contribution in [0.4, 0.5) is 11.4 Å². The van der Waals surface area contributed by atoms with Gasteiger partial charge < -0.3 is 20.1 Å². The van der Waals surface area contributed by atoms with Gasteiger partial charge >= 0.3 is 0 Å². The lowest BCUT2D eigenvalue weighted by Crippen LogP contribution is -2.27. The zero-order valence-electron chi connectivity index (χ0n) is 12.4. The van der Waals surface area contributed by atoms with Crippen molar-refractivity contribution in [1.82, 2.24) is 4.72 Å². The van der Waals surface area contributed by atoms with Crippen LogP contribution in [0, 0.1) is 0 Å². The SMILES string of the molecule is CNS(=O)(=O)c1ccc(N)c(N2CC(OC)C(OC)C2)c1. The number of nitrogens with one attached hydrogen (secondary N) is 1. The average Bonchev–Trinajstić information content (AvgIpc) is 2.90. The monoisotopic (exact) mass is 315 g/mol. The van der Waals surface area contributed by atoms with E-state index in [1.165, 1.54) is 13.1 Å². The molecule has 0 saturated carbocycles. The minimum absolute atomic E-state index is 0.0704. The van der Waals surface area contributed by atoms with Crippen LogP contribution >= 0.6 is 0 Å². The molecular weight excluding hydrogens is 294 g/mol. The van der Waals surface area contributed by atoms with Crippen LogP contribution in [-0.2, 0) is 19.5 Å². The molecule has 0 aromatic heterocycles. The molecule has 1 heterocycles. The van der Waals surface area contributed by atoms with Crippen LogP contribution in [0.15, 0.2) is 23.1 Å². The van der Waals surface area contributed by atoms with Crippen LogP contribution in [0.3, 0.4) is 0 Å². The van der Waals surface area contributed by atoms with Gasteiger partial charge in [0.1, 0.15) is 12.2 Å². The summed E-state index contributed by atoms with van der Waals surface area (Å²) in [7, 11) is 1.14. The molecule has 1 fully saturated rings. The Kier molecular flexibility index (Phi) is 4.72. The molecule has 1 aliphatic heterocycles. The Hall–Kier alpha value is -1.35. The maximum Gasteiger partial charge on any atom is 0.240 e. The number of hydrogen-bond acceptors (Lipinski definition) is 6. The second kappa shape index (κ2) is 6.18. The molecule has 21 heavy (non-hydrogen) atoms. The second-order valence-electron chi connectivity index (χ2n) is 4.88. The second-order valence-corrected chi connectivity index (χ2v) is 6.77. The number of benzene rings is 1. The zero-order chi connectivity index (χ0) is 15.6. The van der Waals surface area contributed by atoms with Gasteiger partial charge in [0.15, 0.2) is 0 Å². The van der Waals surface area contributed by atoms with Crippen LogP contribution in [-0.4, -0.2) is 55.0 Å². The van der Waals surface area contributed by atoms with Gasteiger partial charge in [-0.1, -0.05) is 0 Å². The van der Waals surface area contributed by atoms with Crippen molar-refractivity contribution in [2.75, 3.05) is 45.0 Å². The topological polar surface area (TPSA) is 93.9 Å². The van der Waals surface area contributed by atoms with Crippen molar-refractivity contribution in [3.05, 3.63) is 18.2 Å². The Labute approximate surface area is 125 Å². The van der Waals surface area contributed by atoms with Gasteiger partial charge in [-0.2, -0.15) is 0 Å². The number of nitrogens with zero attached hydrogens (tertiary/aromatic N) is 1. The summed E-state index contributed by atoms with van der Waals surface area (Å²) in [6, 6.07) is 4.66. The summed E-state index contributed by atoms with van der Waals surface area (Å²) in [6.07, 6.45) is -0.141. The first-order valence-electron chi connectivity index (χ1n) is 6.56. The largest absolute Gasteiger partial charge is 0.397 e. The van der Waals surface area contributed by atoms with Gasteiger partial charge in [0, 0.05) is 27.3 Å². The fraction of sp³-hybridized carbons (Fsp3) is 0.538. The minimum Gasteiger partial charge on any atom is -0.397 e. The summed E-state index contributed by atoms with van der Waals surface area (Å²) in [5.74, 6) is 0. The number of nitrogens with two attached hydrogens (primary N) is 1. The molecule has 0 aliphatic carbocycles. The van der Waals surface area contributed by atoms with Gasteiger partial charge in [-0.3, -0.25) is 0 Å². The molecule has 7 nitrogen and oxygen atoms in total. The number of nitrogen functional groups attached to an aromatic ring is 1. The third-order valence-electron chi connectivity index (χ3n) is 3.74. The third kappa shape index (κ3) is 3.13. The first kappa shape index (κ1) is 16.0. The quantitative estimate of drug-likeness (QED) is 0.745. The van der Waals surface area contributed by atoms with E-state index in [9.17, 15) is 8.42 Å². The highest BCUT2D eigenvalue weighted by Crippen LogP contribution is 2.30. The Balaban J connectivity index is 2.34. The highest BCUT2D eigenvalue weighted by Gasteiger charge is 2.34. The van der Waals surface area contributed by atoms with Crippen LogP contribution in [0.1, 0.15) is 0 Å². The van der Waals surface area contributed by atoms with Gasteiger partial charge in [0.2, 0.25) is 10.0 Å². The number of ether oxygens (including phenoxy) is 2. The Morgan fingerprint density at radius 2 is 1.81 bits per heavy atom. The third-order valence-corrected chi connectivity index (χ3v) is 5.15. The summed E-state index contributed by atoms with van der Waals surface area (Å²) in [6.45, 7) is 1.20. The lowest BCUT2D eigenvalue weighted by atomic mass is 10.2. The van der Waals surface area contributed by atoms with Gasteiger partial charge in [-0.25, -0.2) is 13.1 Å². The predicted molar refractivity (Wildman–Crippen MR) is 80.9 cm³/mol. The van der Waals surface area contributed by atoms with E-state index in [1.807, 2.05) is 4.90 Å². The highest BCUT2D eigenvalue weighted by molar-refractivity contribution is 7.89. The summed E-state index contributed by atoms with van der Waals surface area (Å²) in [5.41, 5.74) is 7.19. The number of rotatable bonds is 5. The zero-order valence-corrected chi connectivity index (χ0v) is 13.2. The summed E-state index contributed by atoms with van der Waals surface area (Å²) in [5, 5.41) is 0. The lowest BCUT2D eigenvalue weighted by molar-refractivity contribution is -0.00461. The highest BCUT2D eigenvalue weighted by atomic mass is 32.2. The fourth-order valence-corrected chi connectivity index (χ4v) is 3.23. The van der Waals surface area contributed by atoms with E-state index in [4.69, 9.17) is 15.2 Å². The molecule has 8 heteroatoms. The number of anilines is 2. The van der Waals surface area contributed by atoms with Gasteiger partial charge in [0.05, 0.1) is 16.3 Å². The van der Waals surface area contributed by atoms with Gasteiger partial charge in [0.25, 0.3) is 0 Å². The van der Waals surface area contributed by atoms with Crippen molar-refractivity contribution in [1.29, 1.82) is 0 Å². The van der Waals surface area contributed by atoms with E-state index in [2.05, 4.69) is 4.72 Å². The molecule has 118 valence electrons. The predicted octanol–water partition coefficient (Wildman–Crippen LogP) is 0.0269. The standard InChI is InChI=1S/C13H21N3O4S/c1-15-21(17,18)9-4-5-10(14)11(6-9)16-7-12(19-2)13(8-16)20-3/h4-6,12-13,15H,7-8,14H2,1-3H3. The molecule has 2 unspecified atom stereocenters. The Morgan fingerprint density at radius 1 is 1.24 bits per heavy atom. The molecule has 1 aromatic rings. The van der Waals surface area contributed by atoms with E-state index in [0.29, 0.717) is 24.5 Å². The fourth-order valence-electron chi connectivity index (χ4n) is 2.48. The maximum absolute atomic E-state index is 11.9. The Morgan fingerprint density at radius 3 is 2.29 bits per heavy atom. The van der Waals surface area contributed by atoms with E-state index in [-0.39, 0.29) is 17.1 Å². The van der Waals surface area contributed by atoms with Crippen LogP contribution in [0.25, 0.3) is 0 Å². The average molecular weight is 315 g/mol. The molecule has 0 spiro atoms. The maximum atomic E-state index is 11.9. The molecule has 2 atom stereocenters. The van der Waals surface area contributed by atoms with Crippen LogP contribution < -0.4 is 15.4 Å². The van der Waals surface area contributed by atoms with Crippen LogP contribution in [0.2, 0.25) is 0 Å². The van der Waals surface area contributed by atoms with E-state index in [1.54, 1.807) is 26.4 Å². The van der Waals surface area contributed by atoms with Crippen LogP contribution in [0.5, 0.6) is 0 Å². The molecule has 0 bridgehead atoms. The number of methoxy groups -OCH3 is 2. The van der Waals surface area contributed by atoms with E-state index < -0.39 is 10.0 Å². The summed E-state index contributed by atoms with van der Waals surface area (Å²) >= 11 is 0. The van der Waals surface area contributed by atoms with E-state index >= 15 is 0 Å². The Bertz CT molecular complexity index is 593. The first-order valence-corrected chi connectivity index (χ1v) is 8.05. The molecule has 0 radical (unpaired) electrons. The normalized spacial score (nSPS) is 22.7. The number of sulfonamides is 1. The molecule has 3 N–H and O–H groups in total. The molecular formula is C13H21N3O4S. The molecule has 2 rings (SSSR count). The summed E-state index contributed by atoms with van der Waals surface area (Å²) in [4.78, 5) is 2.16. The van der Waals surface area contributed by atoms with Gasteiger partial charge in [-0.05, 0) is 25.2 Å². The van der Waals surface area contributed by atoms with Crippen molar-refractivity contribution in [2.24, 2.45) is 0 Å². The molecule has 0 amide bonds. The van der Waals surface area contributed by atoms with Crippen molar-refractivity contribution in [2.45, 2.75) is 17.1 Å². The first-order chi connectivity index (χ1) is 9.92. The molecule has 1 saturated heterocycles. The van der Waals surface area contributed by atoms with Crippen molar-refractivity contribution in [3.63, 3.8) is 0 Å². The smallest absolute Gasteiger partial charge is 0.240 e. The van der Waals surface area contributed by atoms with E-state index in [0.717, 1.165) is 0 Å².